The third kappa shape index (κ3) is 3.10. The average molecular weight is 327 g/mol. The van der Waals surface area contributed by atoms with Crippen molar-refractivity contribution in [3.05, 3.63) is 35.4 Å². The Hall–Kier alpha value is -2.10. The molecule has 0 amide bonds. The van der Waals surface area contributed by atoms with E-state index in [1.807, 2.05) is 0 Å². The normalized spacial score (nSPS) is 16.0. The average Bonchev–Trinajstić information content (AvgIpc) is 2.60. The minimum absolute atomic E-state index is 0.0408. The van der Waals surface area contributed by atoms with E-state index in [4.69, 9.17) is 4.74 Å². The van der Waals surface area contributed by atoms with Gasteiger partial charge in [0.25, 0.3) is 5.82 Å². The predicted octanol–water partition coefficient (Wildman–Crippen LogP) is 3.48. The van der Waals surface area contributed by atoms with Crippen LogP contribution in [-0.4, -0.2) is 26.2 Å². The SMILES string of the molecule is COC(=O)C1CCN(c2cc(C)c3cccc(C(C)C)c3[nH+]2)CC1. The highest BCUT2D eigenvalue weighted by Gasteiger charge is 2.30. The molecule has 1 aromatic heterocycles. The highest BCUT2D eigenvalue weighted by Crippen LogP contribution is 2.28. The number of carbonyl (C=O) groups excluding carboxylic acids is 1. The van der Waals surface area contributed by atoms with Gasteiger partial charge in [-0.3, -0.25) is 9.69 Å². The van der Waals surface area contributed by atoms with Crippen LogP contribution >= 0.6 is 0 Å². The zero-order valence-electron chi connectivity index (χ0n) is 15.1. The van der Waals surface area contributed by atoms with Crippen LogP contribution in [0.2, 0.25) is 0 Å². The van der Waals surface area contributed by atoms with Crippen molar-refractivity contribution in [2.45, 2.75) is 39.5 Å². The third-order valence-corrected chi connectivity index (χ3v) is 5.12. The number of ether oxygens (including phenoxy) is 1. The molecular formula is C20H27N2O2+. The molecule has 0 unspecified atom stereocenters. The Balaban J connectivity index is 1.91. The number of hydrogen-bond donors (Lipinski definition) is 0. The zero-order valence-corrected chi connectivity index (χ0v) is 15.1. The van der Waals surface area contributed by atoms with E-state index in [2.05, 4.69) is 54.9 Å². The van der Waals surface area contributed by atoms with E-state index in [-0.39, 0.29) is 11.9 Å². The maximum Gasteiger partial charge on any atom is 0.308 e. The number of aromatic nitrogens is 1. The Morgan fingerprint density at radius 3 is 2.62 bits per heavy atom. The van der Waals surface area contributed by atoms with Gasteiger partial charge in [0.2, 0.25) is 0 Å². The van der Waals surface area contributed by atoms with Crippen molar-refractivity contribution in [1.29, 1.82) is 0 Å². The Labute approximate surface area is 143 Å². The second-order valence-electron chi connectivity index (χ2n) is 7.05. The van der Waals surface area contributed by atoms with Gasteiger partial charge in [0.15, 0.2) is 0 Å². The van der Waals surface area contributed by atoms with E-state index in [9.17, 15) is 4.79 Å². The summed E-state index contributed by atoms with van der Waals surface area (Å²) < 4.78 is 4.88. The molecule has 2 heterocycles. The van der Waals surface area contributed by atoms with Crippen LogP contribution in [0.15, 0.2) is 24.3 Å². The first-order valence-electron chi connectivity index (χ1n) is 8.79. The summed E-state index contributed by atoms with van der Waals surface area (Å²) in [6.45, 7) is 8.39. The molecule has 1 aromatic carbocycles. The maximum absolute atomic E-state index is 11.7. The fourth-order valence-electron chi connectivity index (χ4n) is 3.66. The molecule has 1 fully saturated rings. The monoisotopic (exact) mass is 327 g/mol. The molecular weight excluding hydrogens is 300 g/mol. The summed E-state index contributed by atoms with van der Waals surface area (Å²) in [5.41, 5.74) is 3.87. The number of anilines is 1. The number of pyridine rings is 1. The van der Waals surface area contributed by atoms with Gasteiger partial charge in [0, 0.05) is 17.0 Å². The van der Waals surface area contributed by atoms with Crippen molar-refractivity contribution in [3.8, 4) is 0 Å². The molecule has 0 radical (unpaired) electrons. The van der Waals surface area contributed by atoms with E-state index in [0.29, 0.717) is 5.92 Å². The molecule has 1 N–H and O–H groups in total. The number of nitrogens with zero attached hydrogens (tertiary/aromatic N) is 1. The van der Waals surface area contributed by atoms with Crippen molar-refractivity contribution in [1.82, 2.24) is 0 Å². The predicted molar refractivity (Wildman–Crippen MR) is 96.3 cm³/mol. The van der Waals surface area contributed by atoms with Crippen molar-refractivity contribution in [2.75, 3.05) is 25.1 Å². The van der Waals surface area contributed by atoms with Crippen LogP contribution in [0.1, 0.15) is 43.7 Å². The maximum atomic E-state index is 11.7. The van der Waals surface area contributed by atoms with Gasteiger partial charge in [-0.25, -0.2) is 4.98 Å². The molecule has 3 rings (SSSR count). The van der Waals surface area contributed by atoms with Gasteiger partial charge in [-0.05, 0) is 31.2 Å². The van der Waals surface area contributed by atoms with Gasteiger partial charge in [0.05, 0.1) is 26.1 Å². The van der Waals surface area contributed by atoms with Gasteiger partial charge < -0.3 is 4.74 Å². The van der Waals surface area contributed by atoms with Gasteiger partial charge in [-0.2, -0.15) is 0 Å². The summed E-state index contributed by atoms with van der Waals surface area (Å²) in [5, 5.41) is 1.29. The summed E-state index contributed by atoms with van der Waals surface area (Å²) in [4.78, 5) is 17.7. The number of esters is 1. The van der Waals surface area contributed by atoms with Gasteiger partial charge in [-0.1, -0.05) is 32.0 Å². The first-order chi connectivity index (χ1) is 11.5. The van der Waals surface area contributed by atoms with Crippen LogP contribution in [0.4, 0.5) is 5.82 Å². The van der Waals surface area contributed by atoms with Gasteiger partial charge in [0.1, 0.15) is 5.52 Å². The van der Waals surface area contributed by atoms with Crippen molar-refractivity contribution in [2.24, 2.45) is 5.92 Å². The van der Waals surface area contributed by atoms with Crippen LogP contribution in [0, 0.1) is 12.8 Å². The first-order valence-corrected chi connectivity index (χ1v) is 8.79. The quantitative estimate of drug-likeness (QED) is 0.811. The van der Waals surface area contributed by atoms with Gasteiger partial charge >= 0.3 is 5.97 Å². The lowest BCUT2D eigenvalue weighted by atomic mass is 9.96. The minimum Gasteiger partial charge on any atom is -0.469 e. The smallest absolute Gasteiger partial charge is 0.308 e. The summed E-state index contributed by atoms with van der Waals surface area (Å²) in [5.74, 6) is 1.59. The van der Waals surface area contributed by atoms with Crippen LogP contribution in [0.5, 0.6) is 0 Å². The number of piperidine rings is 1. The Bertz CT molecular complexity index is 747. The number of methoxy groups -OCH3 is 1. The summed E-state index contributed by atoms with van der Waals surface area (Å²) in [7, 11) is 1.47. The van der Waals surface area contributed by atoms with Crippen LogP contribution in [0.25, 0.3) is 10.9 Å². The number of fused-ring (bicyclic) bond motifs is 1. The van der Waals surface area contributed by atoms with Crippen molar-refractivity contribution >= 4 is 22.7 Å². The highest BCUT2D eigenvalue weighted by molar-refractivity contribution is 5.83. The molecule has 0 bridgehead atoms. The number of carbonyl (C=O) groups is 1. The van der Waals surface area contributed by atoms with E-state index >= 15 is 0 Å². The fourth-order valence-corrected chi connectivity index (χ4v) is 3.66. The Kier molecular flexibility index (Phi) is 4.74. The minimum atomic E-state index is -0.0737. The summed E-state index contributed by atoms with van der Waals surface area (Å²) >= 11 is 0. The first kappa shape index (κ1) is 16.7. The standard InChI is InChI=1S/C20H26N2O2/c1-13(2)16-6-5-7-17-14(3)12-18(21-19(16)17)22-10-8-15(9-11-22)20(23)24-4/h5-7,12-13,15H,8-11H2,1-4H3/p+1. The Morgan fingerprint density at radius 1 is 1.29 bits per heavy atom. The molecule has 1 aliphatic rings. The van der Waals surface area contributed by atoms with Crippen LogP contribution in [0.3, 0.4) is 0 Å². The van der Waals surface area contributed by atoms with E-state index in [1.54, 1.807) is 0 Å². The largest absolute Gasteiger partial charge is 0.469 e. The molecule has 24 heavy (non-hydrogen) atoms. The summed E-state index contributed by atoms with van der Waals surface area (Å²) in [6.07, 6.45) is 1.70. The number of benzene rings is 1. The number of hydrogen-bond acceptors (Lipinski definition) is 3. The molecule has 2 aromatic rings. The number of H-pyrrole nitrogens is 1. The molecule has 1 saturated heterocycles. The molecule has 0 atom stereocenters. The molecule has 4 heteroatoms. The lowest BCUT2D eigenvalue weighted by Gasteiger charge is -2.26. The van der Waals surface area contributed by atoms with Crippen molar-refractivity contribution in [3.63, 3.8) is 0 Å². The van der Waals surface area contributed by atoms with E-state index in [1.165, 1.54) is 29.1 Å². The van der Waals surface area contributed by atoms with Crippen LogP contribution < -0.4 is 9.88 Å². The lowest BCUT2D eigenvalue weighted by molar-refractivity contribution is -0.331. The van der Waals surface area contributed by atoms with E-state index < -0.39 is 0 Å². The summed E-state index contributed by atoms with van der Waals surface area (Å²) in [6, 6.07) is 8.75. The second-order valence-corrected chi connectivity index (χ2v) is 7.05. The second kappa shape index (κ2) is 6.80. The topological polar surface area (TPSA) is 43.7 Å². The highest BCUT2D eigenvalue weighted by atomic mass is 16.5. The van der Waals surface area contributed by atoms with Crippen LogP contribution in [-0.2, 0) is 9.53 Å². The number of aromatic amines is 1. The number of nitrogens with one attached hydrogen (secondary N) is 1. The third-order valence-electron chi connectivity index (χ3n) is 5.12. The molecule has 0 spiro atoms. The number of rotatable bonds is 3. The zero-order chi connectivity index (χ0) is 17.3. The molecule has 4 nitrogen and oxygen atoms in total. The fraction of sp³-hybridized carbons (Fsp3) is 0.500. The molecule has 0 aliphatic carbocycles. The molecule has 1 aliphatic heterocycles. The van der Waals surface area contributed by atoms with E-state index in [0.717, 1.165) is 31.7 Å². The number of para-hydroxylation sites is 1. The molecule has 128 valence electrons. The Morgan fingerprint density at radius 2 is 2.00 bits per heavy atom. The van der Waals surface area contributed by atoms with Gasteiger partial charge in [-0.15, -0.1) is 0 Å². The lowest BCUT2D eigenvalue weighted by Crippen LogP contribution is -2.39. The van der Waals surface area contributed by atoms with Crippen molar-refractivity contribution < 1.29 is 14.5 Å². The number of aryl methyl sites for hydroxylation is 1. The molecule has 0 saturated carbocycles.